The van der Waals surface area contributed by atoms with Gasteiger partial charge >= 0.3 is 0 Å². The van der Waals surface area contributed by atoms with Crippen molar-refractivity contribution in [1.29, 1.82) is 0 Å². The molecule has 2 fully saturated rings. The number of nitrogens with zero attached hydrogens (tertiary/aromatic N) is 3. The van der Waals surface area contributed by atoms with E-state index in [0.29, 0.717) is 32.2 Å². The van der Waals surface area contributed by atoms with Crippen LogP contribution in [0.2, 0.25) is 0 Å². The topological polar surface area (TPSA) is 72.0 Å². The van der Waals surface area contributed by atoms with Gasteiger partial charge in [0.25, 0.3) is 0 Å². The van der Waals surface area contributed by atoms with Gasteiger partial charge in [0.2, 0.25) is 11.8 Å². The Kier molecular flexibility index (Phi) is 7.70. The molecule has 1 aliphatic heterocycles. The Morgan fingerprint density at radius 1 is 1.31 bits per heavy atom. The zero-order valence-corrected chi connectivity index (χ0v) is 20.1. The summed E-state index contributed by atoms with van der Waals surface area (Å²) in [5.41, 5.74) is 1.95. The molecule has 2 amide bonds. The molecule has 1 saturated heterocycles. The molecule has 7 nitrogen and oxygen atoms in total. The molecule has 4 rings (SSSR count). The number of carbonyl (C=O) groups is 2. The normalized spacial score (nSPS) is 19.2. The van der Waals surface area contributed by atoms with Gasteiger partial charge in [-0.25, -0.2) is 4.98 Å². The standard InChI is InChI=1S/C23H29N3O4S2/c1-16-14-31-23(24-16)32-15-22(28)26-11-20(30-13-17-6-7-17)10-25(21(27)12-26)9-18-4-3-5-19(8-18)29-2/h3-5,8,14,17,20H,6-7,9-13,15H2,1-2H3/t20-/m1/s1. The van der Waals surface area contributed by atoms with Crippen molar-refractivity contribution in [2.45, 2.75) is 36.8 Å². The van der Waals surface area contributed by atoms with E-state index < -0.39 is 0 Å². The maximum absolute atomic E-state index is 13.1. The van der Waals surface area contributed by atoms with Crippen molar-refractivity contribution in [3.63, 3.8) is 0 Å². The van der Waals surface area contributed by atoms with Crippen LogP contribution in [0.3, 0.4) is 0 Å². The van der Waals surface area contributed by atoms with Gasteiger partial charge < -0.3 is 19.3 Å². The first-order valence-electron chi connectivity index (χ1n) is 10.8. The lowest BCUT2D eigenvalue weighted by Crippen LogP contribution is -2.40. The van der Waals surface area contributed by atoms with Crippen LogP contribution in [0.5, 0.6) is 5.75 Å². The summed E-state index contributed by atoms with van der Waals surface area (Å²) in [7, 11) is 1.63. The zero-order valence-electron chi connectivity index (χ0n) is 18.5. The Labute approximate surface area is 197 Å². The molecule has 1 aromatic heterocycles. The Morgan fingerprint density at radius 2 is 2.16 bits per heavy atom. The zero-order chi connectivity index (χ0) is 22.5. The Balaban J connectivity index is 1.42. The second-order valence-electron chi connectivity index (χ2n) is 8.34. The minimum atomic E-state index is -0.191. The van der Waals surface area contributed by atoms with Crippen LogP contribution < -0.4 is 4.74 Å². The van der Waals surface area contributed by atoms with Crippen molar-refractivity contribution in [2.24, 2.45) is 5.92 Å². The van der Waals surface area contributed by atoms with Gasteiger partial charge in [0.05, 0.1) is 25.5 Å². The quantitative estimate of drug-likeness (QED) is 0.519. The van der Waals surface area contributed by atoms with Crippen LogP contribution in [-0.2, 0) is 20.9 Å². The first-order valence-corrected chi connectivity index (χ1v) is 12.7. The summed E-state index contributed by atoms with van der Waals surface area (Å²) in [4.78, 5) is 33.9. The molecule has 0 spiro atoms. The van der Waals surface area contributed by atoms with E-state index >= 15 is 0 Å². The molecule has 0 unspecified atom stereocenters. The van der Waals surface area contributed by atoms with Crippen LogP contribution >= 0.6 is 23.1 Å². The molecule has 1 aromatic carbocycles. The van der Waals surface area contributed by atoms with Gasteiger partial charge in [-0.1, -0.05) is 23.9 Å². The monoisotopic (exact) mass is 475 g/mol. The van der Waals surface area contributed by atoms with Crippen molar-refractivity contribution in [3.8, 4) is 5.75 Å². The van der Waals surface area contributed by atoms with Gasteiger partial charge in [-0.2, -0.15) is 0 Å². The molecule has 2 aromatic rings. The largest absolute Gasteiger partial charge is 0.497 e. The fourth-order valence-corrected chi connectivity index (χ4v) is 5.34. The Hall–Kier alpha value is -2.10. The molecule has 2 aliphatic rings. The van der Waals surface area contributed by atoms with Gasteiger partial charge in [0.1, 0.15) is 5.75 Å². The summed E-state index contributed by atoms with van der Waals surface area (Å²) in [5.74, 6) is 1.53. The number of benzene rings is 1. The molecule has 9 heteroatoms. The summed E-state index contributed by atoms with van der Waals surface area (Å²) < 4.78 is 12.4. The number of hydrogen-bond donors (Lipinski definition) is 0. The van der Waals surface area contributed by atoms with E-state index in [1.54, 1.807) is 16.9 Å². The predicted octanol–water partition coefficient (Wildman–Crippen LogP) is 3.22. The Morgan fingerprint density at radius 3 is 2.88 bits per heavy atom. The van der Waals surface area contributed by atoms with Crippen LogP contribution in [-0.4, -0.2) is 71.8 Å². The maximum atomic E-state index is 13.1. The van der Waals surface area contributed by atoms with E-state index in [-0.39, 0.29) is 30.2 Å². The van der Waals surface area contributed by atoms with Crippen molar-refractivity contribution >= 4 is 34.9 Å². The Bertz CT molecular complexity index is 947. The molecule has 2 heterocycles. The number of amides is 2. The third-order valence-electron chi connectivity index (χ3n) is 5.57. The molecule has 32 heavy (non-hydrogen) atoms. The second-order valence-corrected chi connectivity index (χ2v) is 10.4. The lowest BCUT2D eigenvalue weighted by molar-refractivity contribution is -0.137. The van der Waals surface area contributed by atoms with E-state index in [1.165, 1.54) is 35.9 Å². The van der Waals surface area contributed by atoms with Gasteiger partial charge in [-0.15, -0.1) is 11.3 Å². The molecular weight excluding hydrogens is 446 g/mol. The van der Waals surface area contributed by atoms with E-state index in [9.17, 15) is 9.59 Å². The van der Waals surface area contributed by atoms with E-state index in [0.717, 1.165) is 21.3 Å². The number of aromatic nitrogens is 1. The number of thioether (sulfide) groups is 1. The van der Waals surface area contributed by atoms with E-state index in [1.807, 2.05) is 36.6 Å². The van der Waals surface area contributed by atoms with Crippen molar-refractivity contribution in [1.82, 2.24) is 14.8 Å². The fraction of sp³-hybridized carbons (Fsp3) is 0.522. The SMILES string of the molecule is COc1cccc(CN2C[C@@H](OCC3CC3)CN(C(=O)CSc3nc(C)cs3)CC2=O)c1. The van der Waals surface area contributed by atoms with Crippen LogP contribution in [0.25, 0.3) is 0 Å². The fourth-order valence-electron chi connectivity index (χ4n) is 3.59. The van der Waals surface area contributed by atoms with Crippen LogP contribution in [0.1, 0.15) is 24.1 Å². The van der Waals surface area contributed by atoms with Crippen LogP contribution in [0.4, 0.5) is 0 Å². The van der Waals surface area contributed by atoms with Crippen molar-refractivity contribution in [3.05, 3.63) is 40.9 Å². The molecule has 0 N–H and O–H groups in total. The number of methoxy groups -OCH3 is 1. The second kappa shape index (κ2) is 10.7. The first kappa shape index (κ1) is 23.1. The molecule has 0 radical (unpaired) electrons. The number of rotatable bonds is 9. The van der Waals surface area contributed by atoms with Gasteiger partial charge in [-0.3, -0.25) is 9.59 Å². The van der Waals surface area contributed by atoms with Crippen LogP contribution in [0.15, 0.2) is 34.0 Å². The number of ether oxygens (including phenoxy) is 2. The lowest BCUT2D eigenvalue weighted by Gasteiger charge is -2.25. The molecular formula is C23H29N3O4S2. The summed E-state index contributed by atoms with van der Waals surface area (Å²) in [5, 5.41) is 1.97. The van der Waals surface area contributed by atoms with Crippen molar-refractivity contribution in [2.75, 3.05) is 39.1 Å². The molecule has 0 bridgehead atoms. The number of hydrogen-bond acceptors (Lipinski definition) is 7. The van der Waals surface area contributed by atoms with Gasteiger partial charge in [0.15, 0.2) is 4.34 Å². The first-order chi connectivity index (χ1) is 15.5. The average molecular weight is 476 g/mol. The third kappa shape index (κ3) is 6.46. The summed E-state index contributed by atoms with van der Waals surface area (Å²) in [6.07, 6.45) is 2.21. The molecule has 1 saturated carbocycles. The summed E-state index contributed by atoms with van der Waals surface area (Å²) in [6, 6.07) is 7.73. The molecule has 172 valence electrons. The summed E-state index contributed by atoms with van der Waals surface area (Å²) in [6.45, 7) is 4.09. The maximum Gasteiger partial charge on any atom is 0.242 e. The molecule has 1 aliphatic carbocycles. The number of carbonyl (C=O) groups excluding carboxylic acids is 2. The van der Waals surface area contributed by atoms with E-state index in [2.05, 4.69) is 4.98 Å². The summed E-state index contributed by atoms with van der Waals surface area (Å²) >= 11 is 2.96. The van der Waals surface area contributed by atoms with Gasteiger partial charge in [-0.05, 0) is 43.4 Å². The highest BCUT2D eigenvalue weighted by Gasteiger charge is 2.32. The number of aryl methyl sites for hydroxylation is 1. The third-order valence-corrected chi connectivity index (χ3v) is 7.69. The minimum absolute atomic E-state index is 0.0561. The highest BCUT2D eigenvalue weighted by Crippen LogP contribution is 2.30. The number of thiazole rings is 1. The van der Waals surface area contributed by atoms with Gasteiger partial charge in [0, 0.05) is 37.3 Å². The van der Waals surface area contributed by atoms with Crippen LogP contribution in [0, 0.1) is 12.8 Å². The van der Waals surface area contributed by atoms with E-state index in [4.69, 9.17) is 9.47 Å². The molecule has 1 atom stereocenters. The highest BCUT2D eigenvalue weighted by atomic mass is 32.2. The average Bonchev–Trinajstić information content (AvgIpc) is 3.55. The lowest BCUT2D eigenvalue weighted by atomic mass is 10.2. The minimum Gasteiger partial charge on any atom is -0.497 e. The predicted molar refractivity (Wildman–Crippen MR) is 125 cm³/mol. The smallest absolute Gasteiger partial charge is 0.242 e. The van der Waals surface area contributed by atoms with Crippen molar-refractivity contribution < 1.29 is 19.1 Å². The highest BCUT2D eigenvalue weighted by molar-refractivity contribution is 8.01.